The molecule has 136 valence electrons. The van der Waals surface area contributed by atoms with Gasteiger partial charge in [0.25, 0.3) is 0 Å². The van der Waals surface area contributed by atoms with Crippen LogP contribution in [0.4, 0.5) is 0 Å². The molecule has 0 fully saturated rings. The highest BCUT2D eigenvalue weighted by atomic mass is 16.4. The maximum Gasteiger partial charge on any atom is 0.238 e. The highest BCUT2D eigenvalue weighted by Crippen LogP contribution is 2.40. The van der Waals surface area contributed by atoms with Gasteiger partial charge >= 0.3 is 0 Å². The summed E-state index contributed by atoms with van der Waals surface area (Å²) in [5.41, 5.74) is 4.67. The Hall–Kier alpha value is -3.39. The van der Waals surface area contributed by atoms with Crippen molar-refractivity contribution in [3.8, 4) is 40.1 Å². The molecule has 7 N–H and O–H groups in total. The van der Waals surface area contributed by atoms with Gasteiger partial charge in [0.05, 0.1) is 0 Å². The number of fused-ring (bicyclic) bond motifs is 1. The van der Waals surface area contributed by atoms with Crippen molar-refractivity contribution in [2.45, 2.75) is 12.8 Å². The van der Waals surface area contributed by atoms with E-state index >= 15 is 0 Å². The molecule has 0 bridgehead atoms. The Bertz CT molecular complexity index is 1060. The lowest BCUT2D eigenvalue weighted by molar-refractivity contribution is 0.403. The van der Waals surface area contributed by atoms with E-state index in [-0.39, 0.29) is 45.8 Å². The first-order valence-electron chi connectivity index (χ1n) is 7.81. The van der Waals surface area contributed by atoms with Gasteiger partial charge in [0.1, 0.15) is 22.5 Å². The first kappa shape index (κ1) is 17.4. The van der Waals surface area contributed by atoms with Crippen molar-refractivity contribution in [1.29, 1.82) is 0 Å². The van der Waals surface area contributed by atoms with Gasteiger partial charge in [-0.3, -0.25) is 4.79 Å². The summed E-state index contributed by atoms with van der Waals surface area (Å²) in [6.07, 6.45) is 0.729. The van der Waals surface area contributed by atoms with Crippen LogP contribution in [-0.2, 0) is 6.42 Å². The molecular weight excluding hydrogens is 342 g/mol. The van der Waals surface area contributed by atoms with Crippen LogP contribution in [0.25, 0.3) is 22.3 Å². The number of hydrogen-bond acceptors (Lipinski definition) is 8. The molecule has 3 aromatic rings. The van der Waals surface area contributed by atoms with Gasteiger partial charge in [0.2, 0.25) is 11.2 Å². The quantitative estimate of drug-likeness (QED) is 0.385. The molecule has 3 rings (SSSR count). The van der Waals surface area contributed by atoms with Gasteiger partial charge in [0.15, 0.2) is 17.3 Å². The van der Waals surface area contributed by atoms with Crippen molar-refractivity contribution in [3.05, 3.63) is 40.1 Å². The monoisotopic (exact) mass is 359 g/mol. The smallest absolute Gasteiger partial charge is 0.238 e. The normalized spacial score (nSPS) is 11.1. The maximum absolute atomic E-state index is 12.5. The minimum absolute atomic E-state index is 0.128. The molecule has 8 nitrogen and oxygen atoms in total. The van der Waals surface area contributed by atoms with E-state index in [1.807, 2.05) is 0 Å². The van der Waals surface area contributed by atoms with Gasteiger partial charge in [-0.05, 0) is 37.6 Å². The van der Waals surface area contributed by atoms with Gasteiger partial charge in [-0.1, -0.05) is 0 Å². The molecule has 1 aromatic heterocycles. The second kappa shape index (κ2) is 6.49. The fraction of sp³-hybridized carbons (Fsp3) is 0.167. The molecule has 0 radical (unpaired) electrons. The summed E-state index contributed by atoms with van der Waals surface area (Å²) in [7, 11) is 0. The summed E-state index contributed by atoms with van der Waals surface area (Å²) in [6, 6.07) is 4.77. The van der Waals surface area contributed by atoms with E-state index in [9.17, 15) is 30.3 Å². The van der Waals surface area contributed by atoms with Crippen LogP contribution in [0, 0.1) is 0 Å². The Morgan fingerprint density at radius 3 is 2.31 bits per heavy atom. The maximum atomic E-state index is 12.5. The van der Waals surface area contributed by atoms with E-state index in [4.69, 9.17) is 10.2 Å². The SMILES string of the molecule is NCCCc1c(O)cc2oc(-c3ccc(O)c(O)c3)c(O)c(=O)c2c1O. The van der Waals surface area contributed by atoms with Crippen molar-refractivity contribution in [2.24, 2.45) is 5.73 Å². The molecule has 0 atom stereocenters. The summed E-state index contributed by atoms with van der Waals surface area (Å²) in [6.45, 7) is 0.333. The lowest BCUT2D eigenvalue weighted by Gasteiger charge is -2.12. The van der Waals surface area contributed by atoms with Crippen LogP contribution in [0.1, 0.15) is 12.0 Å². The van der Waals surface area contributed by atoms with Crippen molar-refractivity contribution in [3.63, 3.8) is 0 Å². The van der Waals surface area contributed by atoms with E-state index in [0.29, 0.717) is 13.0 Å². The van der Waals surface area contributed by atoms with Gasteiger partial charge in [0, 0.05) is 17.2 Å². The van der Waals surface area contributed by atoms with Crippen molar-refractivity contribution >= 4 is 11.0 Å². The van der Waals surface area contributed by atoms with Crippen LogP contribution < -0.4 is 11.2 Å². The number of phenolic OH excluding ortho intramolecular Hbond substituents is 4. The highest BCUT2D eigenvalue weighted by Gasteiger charge is 2.22. The molecule has 0 spiro atoms. The third-order valence-electron chi connectivity index (χ3n) is 4.08. The van der Waals surface area contributed by atoms with Crippen molar-refractivity contribution < 1.29 is 29.9 Å². The minimum Gasteiger partial charge on any atom is -0.507 e. The molecule has 0 amide bonds. The van der Waals surface area contributed by atoms with Crippen LogP contribution in [-0.4, -0.2) is 32.1 Å². The summed E-state index contributed by atoms with van der Waals surface area (Å²) < 4.78 is 5.49. The first-order valence-corrected chi connectivity index (χ1v) is 7.81. The number of nitrogens with two attached hydrogens (primary N) is 1. The Kier molecular flexibility index (Phi) is 4.35. The molecule has 2 aromatic carbocycles. The second-order valence-electron chi connectivity index (χ2n) is 5.80. The van der Waals surface area contributed by atoms with Crippen LogP contribution in [0.3, 0.4) is 0 Å². The molecule has 0 unspecified atom stereocenters. The third-order valence-corrected chi connectivity index (χ3v) is 4.08. The molecule has 0 aliphatic carbocycles. The second-order valence-corrected chi connectivity index (χ2v) is 5.80. The summed E-state index contributed by atoms with van der Waals surface area (Å²) in [4.78, 5) is 12.5. The zero-order chi connectivity index (χ0) is 19.0. The average molecular weight is 359 g/mol. The predicted molar refractivity (Wildman–Crippen MR) is 93.6 cm³/mol. The lowest BCUT2D eigenvalue weighted by atomic mass is 10.0. The van der Waals surface area contributed by atoms with Gasteiger partial charge in [-0.15, -0.1) is 0 Å². The minimum atomic E-state index is -0.889. The molecule has 8 heteroatoms. The summed E-state index contributed by atoms with van der Waals surface area (Å²) in [5, 5.41) is 49.4. The van der Waals surface area contributed by atoms with Crippen molar-refractivity contribution in [2.75, 3.05) is 6.54 Å². The fourth-order valence-electron chi connectivity index (χ4n) is 2.74. The number of benzene rings is 2. The lowest BCUT2D eigenvalue weighted by Crippen LogP contribution is -2.05. The Balaban J connectivity index is 2.28. The third kappa shape index (κ3) is 2.76. The number of phenols is 4. The zero-order valence-electron chi connectivity index (χ0n) is 13.6. The predicted octanol–water partition coefficient (Wildman–Crippen LogP) is 1.88. The number of hydrogen-bond donors (Lipinski definition) is 6. The fourth-order valence-corrected chi connectivity index (χ4v) is 2.74. The van der Waals surface area contributed by atoms with Crippen molar-refractivity contribution in [1.82, 2.24) is 0 Å². The van der Waals surface area contributed by atoms with E-state index in [1.165, 1.54) is 18.2 Å². The van der Waals surface area contributed by atoms with Gasteiger partial charge in [-0.2, -0.15) is 0 Å². The molecule has 0 saturated carbocycles. The molecule has 26 heavy (non-hydrogen) atoms. The largest absolute Gasteiger partial charge is 0.507 e. The van der Waals surface area contributed by atoms with Crippen LogP contribution >= 0.6 is 0 Å². The molecule has 0 saturated heterocycles. The van der Waals surface area contributed by atoms with E-state index in [0.717, 1.165) is 6.07 Å². The van der Waals surface area contributed by atoms with E-state index < -0.39 is 22.7 Å². The Morgan fingerprint density at radius 2 is 1.65 bits per heavy atom. The topological polar surface area (TPSA) is 157 Å². The van der Waals surface area contributed by atoms with E-state index in [2.05, 4.69) is 0 Å². The van der Waals surface area contributed by atoms with Gasteiger partial charge < -0.3 is 35.7 Å². The molecule has 0 aliphatic heterocycles. The first-order chi connectivity index (χ1) is 12.3. The van der Waals surface area contributed by atoms with Gasteiger partial charge in [-0.25, -0.2) is 0 Å². The highest BCUT2D eigenvalue weighted by molar-refractivity contribution is 5.89. The average Bonchev–Trinajstić information content (AvgIpc) is 2.60. The number of aromatic hydroxyl groups is 5. The summed E-state index contributed by atoms with van der Waals surface area (Å²) in [5.74, 6) is -2.63. The Labute approximate surface area is 147 Å². The van der Waals surface area contributed by atoms with Crippen LogP contribution in [0.5, 0.6) is 28.7 Å². The zero-order valence-corrected chi connectivity index (χ0v) is 13.6. The molecule has 0 aliphatic rings. The number of rotatable bonds is 4. The summed E-state index contributed by atoms with van der Waals surface area (Å²) >= 11 is 0. The van der Waals surface area contributed by atoms with Crippen LogP contribution in [0.2, 0.25) is 0 Å². The van der Waals surface area contributed by atoms with Crippen LogP contribution in [0.15, 0.2) is 33.5 Å². The standard InChI is InChI=1S/C18H17NO7/c19-5-1-2-9-11(21)7-13-14(15(9)23)16(24)17(25)18(26-13)8-3-4-10(20)12(22)6-8/h3-4,6-7,20-23,25H,1-2,5,19H2. The molecule has 1 heterocycles. The van der Waals surface area contributed by atoms with E-state index in [1.54, 1.807) is 0 Å². The Morgan fingerprint density at radius 1 is 0.923 bits per heavy atom. The molecular formula is C18H17NO7.